The lowest BCUT2D eigenvalue weighted by Crippen LogP contribution is -1.99. The van der Waals surface area contributed by atoms with Crippen LogP contribution in [-0.2, 0) is 0 Å². The molecule has 0 aliphatic heterocycles. The topological polar surface area (TPSA) is 37.8 Å². The number of fused-ring (bicyclic) bond motifs is 1. The van der Waals surface area contributed by atoms with E-state index in [4.69, 9.17) is 23.2 Å². The van der Waals surface area contributed by atoms with Crippen molar-refractivity contribution in [1.82, 2.24) is 9.97 Å². The molecular weight excluding hydrogens is 312 g/mol. The van der Waals surface area contributed by atoms with Gasteiger partial charge in [0.2, 0.25) is 0 Å². The predicted molar refractivity (Wildman–Crippen MR) is 84.5 cm³/mol. The predicted octanol–water partition coefficient (Wildman–Crippen LogP) is 4.78. The number of aromatic nitrogens is 2. The zero-order valence-electron chi connectivity index (χ0n) is 11.0. The highest BCUT2D eigenvalue weighted by atomic mass is 35.5. The number of benzene rings is 2. The maximum absolute atomic E-state index is 13.6. The van der Waals surface area contributed by atoms with Crippen LogP contribution in [0.15, 0.2) is 36.4 Å². The van der Waals surface area contributed by atoms with Gasteiger partial charge in [0, 0.05) is 23.0 Å². The fourth-order valence-electron chi connectivity index (χ4n) is 2.06. The summed E-state index contributed by atoms with van der Waals surface area (Å²) in [5.41, 5.74) is 1.29. The molecule has 1 heterocycles. The van der Waals surface area contributed by atoms with Crippen molar-refractivity contribution >= 4 is 39.9 Å². The molecule has 0 aliphatic rings. The maximum atomic E-state index is 13.6. The van der Waals surface area contributed by atoms with E-state index in [1.165, 1.54) is 12.1 Å². The standard InChI is InChI=1S/C15H10Cl2FN3/c1-19-15-10-7-9(16)3-5-13(10)20-14(21-15)8-2-4-11(17)12(18)6-8/h2-7H,1H3,(H,19,20,21). The third-order valence-corrected chi connectivity index (χ3v) is 3.61. The van der Waals surface area contributed by atoms with Crippen molar-refractivity contribution in [2.24, 2.45) is 0 Å². The summed E-state index contributed by atoms with van der Waals surface area (Å²) in [6.45, 7) is 0. The summed E-state index contributed by atoms with van der Waals surface area (Å²) in [5, 5.41) is 4.49. The average Bonchev–Trinajstić information content (AvgIpc) is 2.49. The third kappa shape index (κ3) is 2.64. The summed E-state index contributed by atoms with van der Waals surface area (Å²) in [5.74, 6) is 0.553. The zero-order chi connectivity index (χ0) is 15.0. The van der Waals surface area contributed by atoms with E-state index in [1.54, 1.807) is 31.3 Å². The van der Waals surface area contributed by atoms with Crippen LogP contribution in [0.5, 0.6) is 0 Å². The fraction of sp³-hybridized carbons (Fsp3) is 0.0667. The molecular formula is C15H10Cl2FN3. The molecule has 21 heavy (non-hydrogen) atoms. The van der Waals surface area contributed by atoms with Gasteiger partial charge in [-0.25, -0.2) is 14.4 Å². The third-order valence-electron chi connectivity index (χ3n) is 3.07. The van der Waals surface area contributed by atoms with Crippen molar-refractivity contribution in [2.75, 3.05) is 12.4 Å². The minimum absolute atomic E-state index is 0.0696. The minimum atomic E-state index is -0.500. The second-order valence-corrected chi connectivity index (χ2v) is 5.28. The van der Waals surface area contributed by atoms with Crippen LogP contribution < -0.4 is 5.32 Å². The molecule has 0 amide bonds. The first kappa shape index (κ1) is 14.0. The van der Waals surface area contributed by atoms with E-state index in [1.807, 2.05) is 0 Å². The Morgan fingerprint density at radius 1 is 1.05 bits per heavy atom. The Bertz CT molecular complexity index is 837. The normalized spacial score (nSPS) is 10.9. The lowest BCUT2D eigenvalue weighted by atomic mass is 10.1. The van der Waals surface area contributed by atoms with Gasteiger partial charge >= 0.3 is 0 Å². The van der Waals surface area contributed by atoms with Crippen LogP contribution >= 0.6 is 23.2 Å². The van der Waals surface area contributed by atoms with Gasteiger partial charge < -0.3 is 5.32 Å². The smallest absolute Gasteiger partial charge is 0.162 e. The SMILES string of the molecule is CNc1nc(-c2ccc(Cl)c(F)c2)nc2ccc(Cl)cc12. The van der Waals surface area contributed by atoms with Crippen molar-refractivity contribution in [3.63, 3.8) is 0 Å². The van der Waals surface area contributed by atoms with E-state index in [0.29, 0.717) is 22.2 Å². The van der Waals surface area contributed by atoms with Crippen LogP contribution in [0.25, 0.3) is 22.3 Å². The number of hydrogen-bond donors (Lipinski definition) is 1. The van der Waals surface area contributed by atoms with Crippen LogP contribution in [0.3, 0.4) is 0 Å². The zero-order valence-corrected chi connectivity index (χ0v) is 12.5. The molecule has 0 bridgehead atoms. The van der Waals surface area contributed by atoms with Crippen LogP contribution in [0.1, 0.15) is 0 Å². The summed E-state index contributed by atoms with van der Waals surface area (Å²) < 4.78 is 13.6. The van der Waals surface area contributed by atoms with Crippen molar-refractivity contribution < 1.29 is 4.39 Å². The lowest BCUT2D eigenvalue weighted by molar-refractivity contribution is 0.628. The molecule has 2 aromatic carbocycles. The van der Waals surface area contributed by atoms with Gasteiger partial charge in [-0.05, 0) is 36.4 Å². The number of anilines is 1. The van der Waals surface area contributed by atoms with Gasteiger partial charge in [-0.1, -0.05) is 23.2 Å². The van der Waals surface area contributed by atoms with Gasteiger partial charge in [-0.3, -0.25) is 0 Å². The van der Waals surface area contributed by atoms with E-state index < -0.39 is 5.82 Å². The van der Waals surface area contributed by atoms with E-state index in [2.05, 4.69) is 15.3 Å². The summed E-state index contributed by atoms with van der Waals surface area (Å²) in [6.07, 6.45) is 0. The van der Waals surface area contributed by atoms with Gasteiger partial charge in [-0.15, -0.1) is 0 Å². The van der Waals surface area contributed by atoms with E-state index in [0.717, 1.165) is 10.9 Å². The Kier molecular flexibility index (Phi) is 3.66. The summed E-state index contributed by atoms with van der Waals surface area (Å²) >= 11 is 11.7. The number of nitrogens with one attached hydrogen (secondary N) is 1. The highest BCUT2D eigenvalue weighted by Gasteiger charge is 2.11. The quantitative estimate of drug-likeness (QED) is 0.737. The van der Waals surface area contributed by atoms with Gasteiger partial charge in [-0.2, -0.15) is 0 Å². The molecule has 0 saturated heterocycles. The Morgan fingerprint density at radius 2 is 1.86 bits per heavy atom. The average molecular weight is 322 g/mol. The first-order valence-electron chi connectivity index (χ1n) is 6.19. The Morgan fingerprint density at radius 3 is 2.57 bits per heavy atom. The van der Waals surface area contributed by atoms with Crippen LogP contribution in [0.2, 0.25) is 10.0 Å². The maximum Gasteiger partial charge on any atom is 0.162 e. The molecule has 106 valence electrons. The lowest BCUT2D eigenvalue weighted by Gasteiger charge is -2.09. The molecule has 0 aliphatic carbocycles. The van der Waals surface area contributed by atoms with Crippen LogP contribution in [0, 0.1) is 5.82 Å². The Labute approximate surface area is 130 Å². The van der Waals surface area contributed by atoms with Crippen LogP contribution in [0.4, 0.5) is 10.2 Å². The van der Waals surface area contributed by atoms with Crippen molar-refractivity contribution in [3.05, 3.63) is 52.3 Å². The molecule has 0 spiro atoms. The fourth-order valence-corrected chi connectivity index (χ4v) is 2.35. The minimum Gasteiger partial charge on any atom is -0.373 e. The molecule has 3 aromatic rings. The summed E-state index contributed by atoms with van der Waals surface area (Å²) in [4.78, 5) is 8.86. The first-order chi connectivity index (χ1) is 10.1. The molecule has 3 nitrogen and oxygen atoms in total. The molecule has 3 rings (SSSR count). The van der Waals surface area contributed by atoms with Crippen LogP contribution in [-0.4, -0.2) is 17.0 Å². The molecule has 0 unspecified atom stereocenters. The second kappa shape index (κ2) is 5.47. The molecule has 0 radical (unpaired) electrons. The second-order valence-electron chi connectivity index (χ2n) is 4.44. The summed E-state index contributed by atoms with van der Waals surface area (Å²) in [7, 11) is 1.76. The molecule has 0 saturated carbocycles. The Balaban J connectivity index is 2.23. The van der Waals surface area contributed by atoms with Crippen molar-refractivity contribution in [1.29, 1.82) is 0 Å². The van der Waals surface area contributed by atoms with Gasteiger partial charge in [0.05, 0.1) is 10.5 Å². The van der Waals surface area contributed by atoms with E-state index in [9.17, 15) is 4.39 Å². The Hall–Kier alpha value is -1.91. The van der Waals surface area contributed by atoms with E-state index >= 15 is 0 Å². The molecule has 0 atom stereocenters. The molecule has 1 aromatic heterocycles. The first-order valence-corrected chi connectivity index (χ1v) is 6.94. The van der Waals surface area contributed by atoms with Gasteiger partial charge in [0.15, 0.2) is 5.82 Å². The van der Waals surface area contributed by atoms with Gasteiger partial charge in [0.25, 0.3) is 0 Å². The summed E-state index contributed by atoms with van der Waals surface area (Å²) in [6, 6.07) is 9.83. The molecule has 6 heteroatoms. The monoisotopic (exact) mass is 321 g/mol. The largest absolute Gasteiger partial charge is 0.373 e. The molecule has 0 fully saturated rings. The van der Waals surface area contributed by atoms with Crippen molar-refractivity contribution in [3.8, 4) is 11.4 Å². The van der Waals surface area contributed by atoms with Crippen molar-refractivity contribution in [2.45, 2.75) is 0 Å². The highest BCUT2D eigenvalue weighted by molar-refractivity contribution is 6.31. The number of hydrogen-bond acceptors (Lipinski definition) is 3. The highest BCUT2D eigenvalue weighted by Crippen LogP contribution is 2.28. The number of rotatable bonds is 2. The molecule has 1 N–H and O–H groups in total. The number of halogens is 3. The number of nitrogens with zero attached hydrogens (tertiary/aromatic N) is 2. The van der Waals surface area contributed by atoms with Gasteiger partial charge in [0.1, 0.15) is 11.6 Å². The van der Waals surface area contributed by atoms with E-state index in [-0.39, 0.29) is 5.02 Å².